The van der Waals surface area contributed by atoms with Gasteiger partial charge in [0.1, 0.15) is 0 Å². The van der Waals surface area contributed by atoms with Gasteiger partial charge in [0.05, 0.1) is 12.2 Å². The third-order valence-electron chi connectivity index (χ3n) is 4.21. The zero-order valence-corrected chi connectivity index (χ0v) is 15.5. The summed E-state index contributed by atoms with van der Waals surface area (Å²) in [7, 11) is 1.61. The van der Waals surface area contributed by atoms with Crippen molar-refractivity contribution in [2.45, 2.75) is 32.8 Å². The topological polar surface area (TPSA) is 64.6 Å². The molecule has 1 amide bonds. The van der Waals surface area contributed by atoms with Crippen LogP contribution in [0.5, 0.6) is 0 Å². The minimum Gasteiger partial charge on any atom is -0.452 e. The van der Waals surface area contributed by atoms with Gasteiger partial charge in [0.25, 0.3) is 5.91 Å². The van der Waals surface area contributed by atoms with Crippen molar-refractivity contribution < 1.29 is 19.1 Å². The van der Waals surface area contributed by atoms with Gasteiger partial charge in [-0.3, -0.25) is 4.79 Å². The number of benzene rings is 2. The number of anilines is 1. The van der Waals surface area contributed by atoms with Crippen molar-refractivity contribution in [1.29, 1.82) is 0 Å². The molecule has 1 atom stereocenters. The molecule has 0 saturated carbocycles. The molecule has 0 bridgehead atoms. The van der Waals surface area contributed by atoms with E-state index in [0.717, 1.165) is 12.0 Å². The molecule has 0 aliphatic rings. The van der Waals surface area contributed by atoms with Crippen molar-refractivity contribution in [3.05, 3.63) is 65.2 Å². The Balaban J connectivity index is 1.83. The summed E-state index contributed by atoms with van der Waals surface area (Å²) in [5, 5.41) is 2.73. The van der Waals surface area contributed by atoms with E-state index in [-0.39, 0.29) is 12.5 Å². The number of carbonyl (C=O) groups excluding carboxylic acids is 2. The van der Waals surface area contributed by atoms with E-state index in [1.165, 1.54) is 5.56 Å². The van der Waals surface area contributed by atoms with Gasteiger partial charge in [-0.25, -0.2) is 4.79 Å². The molecule has 0 aliphatic carbocycles. The first-order chi connectivity index (χ1) is 12.5. The van der Waals surface area contributed by atoms with Gasteiger partial charge < -0.3 is 14.8 Å². The van der Waals surface area contributed by atoms with E-state index in [9.17, 15) is 9.59 Å². The van der Waals surface area contributed by atoms with Crippen LogP contribution in [0.2, 0.25) is 0 Å². The number of amides is 1. The first kappa shape index (κ1) is 19.7. The van der Waals surface area contributed by atoms with Crippen LogP contribution < -0.4 is 5.32 Å². The highest BCUT2D eigenvalue weighted by Gasteiger charge is 2.11. The van der Waals surface area contributed by atoms with E-state index < -0.39 is 5.97 Å². The van der Waals surface area contributed by atoms with E-state index in [2.05, 4.69) is 19.2 Å². The highest BCUT2D eigenvalue weighted by molar-refractivity contribution is 5.95. The Morgan fingerprint density at radius 2 is 1.69 bits per heavy atom. The molecule has 2 rings (SSSR count). The van der Waals surface area contributed by atoms with E-state index in [1.807, 2.05) is 24.3 Å². The molecule has 0 radical (unpaired) electrons. The first-order valence-electron chi connectivity index (χ1n) is 8.68. The van der Waals surface area contributed by atoms with Crippen molar-refractivity contribution in [1.82, 2.24) is 0 Å². The minimum atomic E-state index is -0.531. The maximum Gasteiger partial charge on any atom is 0.338 e. The molecule has 0 heterocycles. The fourth-order valence-corrected chi connectivity index (χ4v) is 2.45. The largest absolute Gasteiger partial charge is 0.452 e. The number of hydrogen-bond acceptors (Lipinski definition) is 4. The van der Waals surface area contributed by atoms with E-state index in [4.69, 9.17) is 9.47 Å². The van der Waals surface area contributed by atoms with Gasteiger partial charge in [0.2, 0.25) is 0 Å². The van der Waals surface area contributed by atoms with Gasteiger partial charge in [-0.15, -0.1) is 0 Å². The standard InChI is InChI=1S/C21H25NO4/c1-4-15(2)17-9-11-19(12-10-17)22-20(23)14-26-21(24)18-7-5-16(6-8-18)13-25-3/h5-12,15H,4,13-14H2,1-3H3,(H,22,23)/t15-/m1/s1. The van der Waals surface area contributed by atoms with Crippen molar-refractivity contribution in [3.63, 3.8) is 0 Å². The Labute approximate surface area is 154 Å². The second-order valence-electron chi connectivity index (χ2n) is 6.19. The summed E-state index contributed by atoms with van der Waals surface area (Å²) in [5.74, 6) is -0.419. The van der Waals surface area contributed by atoms with Crippen LogP contribution in [0.25, 0.3) is 0 Å². The van der Waals surface area contributed by atoms with Crippen LogP contribution in [-0.2, 0) is 20.9 Å². The smallest absolute Gasteiger partial charge is 0.338 e. The summed E-state index contributed by atoms with van der Waals surface area (Å²) < 4.78 is 10.1. The quantitative estimate of drug-likeness (QED) is 0.723. The number of carbonyl (C=O) groups is 2. The third-order valence-corrected chi connectivity index (χ3v) is 4.21. The SMILES string of the molecule is CC[C@@H](C)c1ccc(NC(=O)COC(=O)c2ccc(COC)cc2)cc1. The summed E-state index contributed by atoms with van der Waals surface area (Å²) in [5.41, 5.74) is 3.27. The van der Waals surface area contributed by atoms with Gasteiger partial charge in [-0.1, -0.05) is 38.1 Å². The molecule has 0 fully saturated rings. The fourth-order valence-electron chi connectivity index (χ4n) is 2.45. The van der Waals surface area contributed by atoms with Crippen molar-refractivity contribution in [3.8, 4) is 0 Å². The molecule has 0 aliphatic heterocycles. The monoisotopic (exact) mass is 355 g/mol. The van der Waals surface area contributed by atoms with Crippen LogP contribution in [0.1, 0.15) is 47.7 Å². The lowest BCUT2D eigenvalue weighted by Crippen LogP contribution is -2.20. The lowest BCUT2D eigenvalue weighted by Gasteiger charge is -2.11. The van der Waals surface area contributed by atoms with Crippen molar-refractivity contribution in [2.75, 3.05) is 19.0 Å². The summed E-state index contributed by atoms with van der Waals surface area (Å²) >= 11 is 0. The van der Waals surface area contributed by atoms with Gasteiger partial charge in [-0.2, -0.15) is 0 Å². The Kier molecular flexibility index (Phi) is 7.36. The number of nitrogens with one attached hydrogen (secondary N) is 1. The fraction of sp³-hybridized carbons (Fsp3) is 0.333. The Bertz CT molecular complexity index is 723. The van der Waals surface area contributed by atoms with Crippen LogP contribution in [0.4, 0.5) is 5.69 Å². The predicted molar refractivity (Wildman–Crippen MR) is 101 cm³/mol. The average Bonchev–Trinajstić information content (AvgIpc) is 2.67. The van der Waals surface area contributed by atoms with Gasteiger partial charge >= 0.3 is 5.97 Å². The number of methoxy groups -OCH3 is 1. The Hall–Kier alpha value is -2.66. The first-order valence-corrected chi connectivity index (χ1v) is 8.68. The van der Waals surface area contributed by atoms with E-state index in [1.54, 1.807) is 31.4 Å². The second-order valence-corrected chi connectivity index (χ2v) is 6.19. The predicted octanol–water partition coefficient (Wildman–Crippen LogP) is 4.14. The maximum absolute atomic E-state index is 12.0. The highest BCUT2D eigenvalue weighted by Crippen LogP contribution is 2.20. The Morgan fingerprint density at radius 3 is 2.27 bits per heavy atom. The maximum atomic E-state index is 12.0. The van der Waals surface area contributed by atoms with Crippen LogP contribution in [0.15, 0.2) is 48.5 Å². The lowest BCUT2D eigenvalue weighted by molar-refractivity contribution is -0.119. The molecular weight excluding hydrogens is 330 g/mol. The molecule has 0 aromatic heterocycles. The number of rotatable bonds is 8. The zero-order valence-electron chi connectivity index (χ0n) is 15.5. The van der Waals surface area contributed by atoms with Gasteiger partial charge in [-0.05, 0) is 47.7 Å². The van der Waals surface area contributed by atoms with Gasteiger partial charge in [0.15, 0.2) is 6.61 Å². The van der Waals surface area contributed by atoms with E-state index >= 15 is 0 Å². The van der Waals surface area contributed by atoms with Crippen LogP contribution in [0.3, 0.4) is 0 Å². The average molecular weight is 355 g/mol. The van der Waals surface area contributed by atoms with Crippen molar-refractivity contribution in [2.24, 2.45) is 0 Å². The molecule has 0 spiro atoms. The summed E-state index contributed by atoms with van der Waals surface area (Å²) in [6, 6.07) is 14.6. The molecule has 5 heteroatoms. The number of ether oxygens (including phenoxy) is 2. The summed E-state index contributed by atoms with van der Waals surface area (Å²) in [6.07, 6.45) is 1.06. The summed E-state index contributed by atoms with van der Waals surface area (Å²) in [4.78, 5) is 23.9. The number of hydrogen-bond donors (Lipinski definition) is 1. The zero-order chi connectivity index (χ0) is 18.9. The molecule has 138 valence electrons. The number of esters is 1. The lowest BCUT2D eigenvalue weighted by atomic mass is 9.99. The molecule has 5 nitrogen and oxygen atoms in total. The second kappa shape index (κ2) is 9.73. The molecule has 1 N–H and O–H groups in total. The normalized spacial score (nSPS) is 11.7. The van der Waals surface area contributed by atoms with Gasteiger partial charge in [0, 0.05) is 12.8 Å². The summed E-state index contributed by atoms with van der Waals surface area (Å²) in [6.45, 7) is 4.45. The molecule has 2 aromatic rings. The van der Waals surface area contributed by atoms with Crippen LogP contribution >= 0.6 is 0 Å². The Morgan fingerprint density at radius 1 is 1.04 bits per heavy atom. The minimum absolute atomic E-state index is 0.328. The van der Waals surface area contributed by atoms with E-state index in [0.29, 0.717) is 23.8 Å². The molecule has 0 saturated heterocycles. The molecule has 2 aromatic carbocycles. The molecule has 26 heavy (non-hydrogen) atoms. The molecular formula is C21H25NO4. The molecule has 0 unspecified atom stereocenters. The highest BCUT2D eigenvalue weighted by atomic mass is 16.5. The van der Waals surface area contributed by atoms with Crippen LogP contribution in [0, 0.1) is 0 Å². The third kappa shape index (κ3) is 5.70. The van der Waals surface area contributed by atoms with Crippen molar-refractivity contribution >= 4 is 17.6 Å². The van der Waals surface area contributed by atoms with Crippen LogP contribution in [-0.4, -0.2) is 25.6 Å².